The van der Waals surface area contributed by atoms with Crippen molar-refractivity contribution in [3.8, 4) is 5.75 Å². The molecule has 0 aliphatic heterocycles. The first-order chi connectivity index (χ1) is 14.7. The molecule has 160 valence electrons. The number of nitrogens with one attached hydrogen (secondary N) is 2. The molecule has 0 aliphatic carbocycles. The Labute approximate surface area is 178 Å². The number of nitrogens with zero attached hydrogens (tertiary/aromatic N) is 1. The van der Waals surface area contributed by atoms with Crippen LogP contribution in [0.3, 0.4) is 0 Å². The molecule has 31 heavy (non-hydrogen) atoms. The van der Waals surface area contributed by atoms with Gasteiger partial charge in [0.1, 0.15) is 5.75 Å². The number of non-ortho nitro benzene ring substituents is 1. The summed E-state index contributed by atoms with van der Waals surface area (Å²) in [5.74, 6) is -0.421. The summed E-state index contributed by atoms with van der Waals surface area (Å²) in [6, 6.07) is 16.1. The molecule has 3 aromatic carbocycles. The van der Waals surface area contributed by atoms with Gasteiger partial charge in [0, 0.05) is 17.7 Å². The number of nitro groups is 1. The molecule has 9 nitrogen and oxygen atoms in total. The molecule has 0 aromatic heterocycles. The summed E-state index contributed by atoms with van der Waals surface area (Å²) in [7, 11) is -2.58. The molecule has 0 bridgehead atoms. The third-order valence-electron chi connectivity index (χ3n) is 4.44. The molecule has 3 aromatic rings. The van der Waals surface area contributed by atoms with Crippen LogP contribution >= 0.6 is 0 Å². The normalized spacial score (nSPS) is 10.9. The Bertz CT molecular complexity index is 1260. The van der Waals surface area contributed by atoms with Crippen LogP contribution in [0.1, 0.15) is 15.9 Å². The summed E-state index contributed by atoms with van der Waals surface area (Å²) in [6.07, 6.45) is 0. The number of hydrogen-bond acceptors (Lipinski definition) is 6. The van der Waals surface area contributed by atoms with Gasteiger partial charge in [0.05, 0.1) is 28.3 Å². The second-order valence-electron chi connectivity index (χ2n) is 6.54. The highest BCUT2D eigenvalue weighted by atomic mass is 32.2. The summed E-state index contributed by atoms with van der Waals surface area (Å²) in [4.78, 5) is 23.0. The van der Waals surface area contributed by atoms with Gasteiger partial charge >= 0.3 is 0 Å². The number of sulfonamides is 1. The van der Waals surface area contributed by atoms with Crippen molar-refractivity contribution in [2.45, 2.75) is 11.8 Å². The zero-order chi connectivity index (χ0) is 22.6. The first kappa shape index (κ1) is 21.8. The van der Waals surface area contributed by atoms with E-state index in [1.165, 1.54) is 43.5 Å². The zero-order valence-electron chi connectivity index (χ0n) is 16.7. The Hall–Kier alpha value is -3.92. The molecule has 10 heteroatoms. The molecule has 0 spiro atoms. The number of hydrogen-bond donors (Lipinski definition) is 2. The lowest BCUT2D eigenvalue weighted by Crippen LogP contribution is -2.16. The smallest absolute Gasteiger partial charge is 0.271 e. The van der Waals surface area contributed by atoms with Crippen molar-refractivity contribution in [2.75, 3.05) is 17.1 Å². The number of benzene rings is 3. The van der Waals surface area contributed by atoms with E-state index >= 15 is 0 Å². The van der Waals surface area contributed by atoms with Gasteiger partial charge < -0.3 is 10.1 Å². The molecule has 0 fully saturated rings. The summed E-state index contributed by atoms with van der Waals surface area (Å²) < 4.78 is 33.2. The van der Waals surface area contributed by atoms with E-state index in [2.05, 4.69) is 10.0 Å². The Morgan fingerprint density at radius 1 is 1.00 bits per heavy atom. The van der Waals surface area contributed by atoms with Gasteiger partial charge in [-0.1, -0.05) is 24.3 Å². The van der Waals surface area contributed by atoms with Gasteiger partial charge in [-0.2, -0.15) is 0 Å². The van der Waals surface area contributed by atoms with Crippen LogP contribution in [0.4, 0.5) is 17.1 Å². The number of carbonyl (C=O) groups is 1. The number of carbonyl (C=O) groups excluding carboxylic acids is 1. The molecule has 1 amide bonds. The topological polar surface area (TPSA) is 128 Å². The number of aryl methyl sites for hydroxylation is 1. The molecule has 0 unspecified atom stereocenters. The van der Waals surface area contributed by atoms with Crippen LogP contribution in [0, 0.1) is 17.0 Å². The van der Waals surface area contributed by atoms with Crippen LogP contribution in [-0.2, 0) is 10.0 Å². The van der Waals surface area contributed by atoms with Crippen molar-refractivity contribution in [2.24, 2.45) is 0 Å². The van der Waals surface area contributed by atoms with Crippen LogP contribution in [0.15, 0.2) is 71.6 Å². The van der Waals surface area contributed by atoms with Crippen molar-refractivity contribution in [3.63, 3.8) is 0 Å². The van der Waals surface area contributed by atoms with E-state index in [9.17, 15) is 23.3 Å². The van der Waals surface area contributed by atoms with Gasteiger partial charge in [-0.05, 0) is 42.8 Å². The lowest BCUT2D eigenvalue weighted by molar-refractivity contribution is -0.384. The van der Waals surface area contributed by atoms with E-state index in [4.69, 9.17) is 4.74 Å². The van der Waals surface area contributed by atoms with Crippen molar-refractivity contribution in [1.82, 2.24) is 0 Å². The predicted molar refractivity (Wildman–Crippen MR) is 116 cm³/mol. The zero-order valence-corrected chi connectivity index (χ0v) is 17.5. The van der Waals surface area contributed by atoms with Gasteiger partial charge in [-0.25, -0.2) is 8.42 Å². The number of amides is 1. The Morgan fingerprint density at radius 2 is 1.74 bits per heavy atom. The average molecular weight is 441 g/mol. The maximum atomic E-state index is 12.8. The Morgan fingerprint density at radius 3 is 2.42 bits per heavy atom. The van der Waals surface area contributed by atoms with E-state index in [-0.39, 0.29) is 27.6 Å². The van der Waals surface area contributed by atoms with Crippen LogP contribution in [0.2, 0.25) is 0 Å². The number of para-hydroxylation sites is 1. The van der Waals surface area contributed by atoms with Crippen molar-refractivity contribution < 1.29 is 22.9 Å². The molecule has 0 saturated heterocycles. The van der Waals surface area contributed by atoms with Gasteiger partial charge in [0.25, 0.3) is 21.6 Å². The minimum absolute atomic E-state index is 0.0567. The van der Waals surface area contributed by atoms with Gasteiger partial charge in [-0.3, -0.25) is 19.6 Å². The molecule has 0 atom stereocenters. The SMILES string of the molecule is COc1ccc([N+](=O)[O-])cc1NC(=O)c1cccc(S(=O)(=O)Nc2ccccc2C)c1. The summed E-state index contributed by atoms with van der Waals surface area (Å²) in [6.45, 7) is 1.77. The van der Waals surface area contributed by atoms with Crippen molar-refractivity contribution in [1.29, 1.82) is 0 Å². The Kier molecular flexibility index (Phi) is 6.21. The third kappa shape index (κ3) is 4.98. The molecule has 2 N–H and O–H groups in total. The molecule has 3 rings (SSSR count). The fourth-order valence-corrected chi connectivity index (χ4v) is 3.97. The molecule has 0 aliphatic rings. The summed E-state index contributed by atoms with van der Waals surface area (Å²) >= 11 is 0. The summed E-state index contributed by atoms with van der Waals surface area (Å²) in [5, 5.41) is 13.5. The lowest BCUT2D eigenvalue weighted by Gasteiger charge is -2.12. The number of ether oxygens (including phenoxy) is 1. The minimum Gasteiger partial charge on any atom is -0.495 e. The quantitative estimate of drug-likeness (QED) is 0.422. The minimum atomic E-state index is -3.94. The standard InChI is InChI=1S/C21H19N3O6S/c1-14-6-3-4-9-18(14)23-31(28,29)17-8-5-7-15(12-17)21(25)22-19-13-16(24(26)27)10-11-20(19)30-2/h3-13,23H,1-2H3,(H,22,25). The maximum Gasteiger partial charge on any atom is 0.271 e. The third-order valence-corrected chi connectivity index (χ3v) is 5.80. The van der Waals surface area contributed by atoms with E-state index in [0.29, 0.717) is 5.69 Å². The van der Waals surface area contributed by atoms with E-state index in [1.807, 2.05) is 0 Å². The fourth-order valence-electron chi connectivity index (χ4n) is 2.80. The molecule has 0 saturated carbocycles. The highest BCUT2D eigenvalue weighted by molar-refractivity contribution is 7.92. The predicted octanol–water partition coefficient (Wildman–Crippen LogP) is 3.96. The monoisotopic (exact) mass is 441 g/mol. The van der Waals surface area contributed by atoms with Crippen LogP contribution in [-0.4, -0.2) is 26.4 Å². The largest absolute Gasteiger partial charge is 0.495 e. The maximum absolute atomic E-state index is 12.8. The summed E-state index contributed by atoms with van der Waals surface area (Å²) in [5.41, 5.74) is 1.10. The average Bonchev–Trinajstić information content (AvgIpc) is 2.75. The highest BCUT2D eigenvalue weighted by Crippen LogP contribution is 2.29. The van der Waals surface area contributed by atoms with Gasteiger partial charge in [-0.15, -0.1) is 0 Å². The first-order valence-corrected chi connectivity index (χ1v) is 10.5. The van der Waals surface area contributed by atoms with Crippen LogP contribution in [0.5, 0.6) is 5.75 Å². The van der Waals surface area contributed by atoms with Crippen molar-refractivity contribution in [3.05, 3.63) is 88.0 Å². The van der Waals surface area contributed by atoms with Crippen LogP contribution in [0.25, 0.3) is 0 Å². The molecule has 0 radical (unpaired) electrons. The van der Waals surface area contributed by atoms with Gasteiger partial charge in [0.2, 0.25) is 0 Å². The van der Waals surface area contributed by atoms with E-state index < -0.39 is 20.9 Å². The highest BCUT2D eigenvalue weighted by Gasteiger charge is 2.19. The number of rotatable bonds is 7. The van der Waals surface area contributed by atoms with E-state index in [0.717, 1.165) is 11.6 Å². The van der Waals surface area contributed by atoms with Gasteiger partial charge in [0.15, 0.2) is 0 Å². The van der Waals surface area contributed by atoms with Crippen molar-refractivity contribution >= 4 is 33.0 Å². The van der Waals surface area contributed by atoms with Crippen LogP contribution < -0.4 is 14.8 Å². The number of methoxy groups -OCH3 is 1. The van der Waals surface area contributed by atoms with E-state index in [1.54, 1.807) is 31.2 Å². The first-order valence-electron chi connectivity index (χ1n) is 9.03. The molecular weight excluding hydrogens is 422 g/mol. The fraction of sp³-hybridized carbons (Fsp3) is 0.0952. The second kappa shape index (κ2) is 8.84. The lowest BCUT2D eigenvalue weighted by atomic mass is 10.2. The Balaban J connectivity index is 1.88. The molecular formula is C21H19N3O6S. The second-order valence-corrected chi connectivity index (χ2v) is 8.23. The number of nitro benzene ring substituents is 1. The molecule has 0 heterocycles. The number of anilines is 2.